The van der Waals surface area contributed by atoms with Crippen LogP contribution < -0.4 is 0 Å². The molecule has 1 spiro atoms. The number of rotatable bonds is 1. The Balaban J connectivity index is 1.63. The fourth-order valence-corrected chi connectivity index (χ4v) is 9.14. The predicted molar refractivity (Wildman–Crippen MR) is 111 cm³/mol. The van der Waals surface area contributed by atoms with Crippen molar-refractivity contribution < 1.29 is 19.7 Å². The smallest absolute Gasteiger partial charge is 0.139 e. The van der Waals surface area contributed by atoms with Gasteiger partial charge in [-0.1, -0.05) is 34.6 Å². The van der Waals surface area contributed by atoms with Gasteiger partial charge in [0.25, 0.3) is 0 Å². The Morgan fingerprint density at radius 3 is 2.31 bits per heavy atom. The summed E-state index contributed by atoms with van der Waals surface area (Å²) in [5.41, 5.74) is -3.54. The van der Waals surface area contributed by atoms with E-state index in [-0.39, 0.29) is 29.6 Å². The molecule has 2 N–H and O–H groups in total. The molecule has 0 amide bonds. The molecule has 29 heavy (non-hydrogen) atoms. The van der Waals surface area contributed by atoms with Crippen LogP contribution in [0.15, 0.2) is 0 Å². The van der Waals surface area contributed by atoms with E-state index in [2.05, 4.69) is 27.7 Å². The molecule has 5 aliphatic rings. The number of aliphatic hydroxyl groups is 2. The minimum Gasteiger partial charge on any atom is -0.388 e. The lowest BCUT2D eigenvalue weighted by molar-refractivity contribution is -0.233. The van der Waals surface area contributed by atoms with Gasteiger partial charge in [0.15, 0.2) is 0 Å². The lowest BCUT2D eigenvalue weighted by Crippen LogP contribution is -2.68. The molecule has 4 aliphatic carbocycles. The molecule has 0 aromatic rings. The molecule has 4 saturated carbocycles. The van der Waals surface area contributed by atoms with Gasteiger partial charge >= 0.3 is 0 Å². The highest BCUT2D eigenvalue weighted by Crippen LogP contribution is 2.74. The van der Waals surface area contributed by atoms with E-state index in [1.165, 1.54) is 6.42 Å². The molecule has 0 radical (unpaired) electrons. The topological polar surface area (TPSA) is 70.1 Å². The maximum Gasteiger partial charge on any atom is 0.139 e. The van der Waals surface area contributed by atoms with Crippen molar-refractivity contribution in [1.82, 2.24) is 0 Å². The zero-order chi connectivity index (χ0) is 21.2. The predicted octanol–water partition coefficient (Wildman–Crippen LogP) is 4.11. The summed E-state index contributed by atoms with van der Waals surface area (Å²) in [5.74, 6) is 1.40. The molecule has 4 heteroatoms. The van der Waals surface area contributed by atoms with Crippen molar-refractivity contribution in [2.75, 3.05) is 0 Å². The molecule has 10 atom stereocenters. The van der Waals surface area contributed by atoms with Crippen molar-refractivity contribution >= 4 is 5.78 Å². The van der Waals surface area contributed by atoms with Gasteiger partial charge in [-0.05, 0) is 68.6 Å². The summed E-state index contributed by atoms with van der Waals surface area (Å²) in [5, 5.41) is 24.6. The fourth-order valence-electron chi connectivity index (χ4n) is 9.14. The Morgan fingerprint density at radius 2 is 1.66 bits per heavy atom. The van der Waals surface area contributed by atoms with Gasteiger partial charge in [0, 0.05) is 24.2 Å². The summed E-state index contributed by atoms with van der Waals surface area (Å²) >= 11 is 0. The van der Waals surface area contributed by atoms with E-state index in [9.17, 15) is 15.0 Å². The van der Waals surface area contributed by atoms with E-state index in [1.807, 2.05) is 13.8 Å². The lowest BCUT2D eigenvalue weighted by atomic mass is 9.48. The molecule has 5 rings (SSSR count). The third-order valence-corrected chi connectivity index (χ3v) is 10.8. The number of ketones is 1. The summed E-state index contributed by atoms with van der Waals surface area (Å²) in [6.45, 7) is 12.9. The average Bonchev–Trinajstić information content (AvgIpc) is 3.00. The lowest BCUT2D eigenvalue weighted by Gasteiger charge is -2.59. The van der Waals surface area contributed by atoms with Crippen LogP contribution in [0.3, 0.4) is 0 Å². The molecule has 4 nitrogen and oxygen atoms in total. The van der Waals surface area contributed by atoms with Gasteiger partial charge in [0.1, 0.15) is 22.6 Å². The molecule has 1 aliphatic heterocycles. The van der Waals surface area contributed by atoms with Gasteiger partial charge in [0.2, 0.25) is 0 Å². The van der Waals surface area contributed by atoms with Crippen LogP contribution in [-0.2, 0) is 9.53 Å². The third kappa shape index (κ3) is 2.15. The molecule has 0 bridgehead atoms. The Bertz CT molecular complexity index is 749. The number of Topliss-reactive ketones (excluding diaryl/α,β-unsaturated/α-hetero) is 1. The quantitative estimate of drug-likeness (QED) is 0.645. The monoisotopic (exact) mass is 404 g/mol. The first-order valence-corrected chi connectivity index (χ1v) is 12.0. The van der Waals surface area contributed by atoms with Gasteiger partial charge in [-0.2, -0.15) is 0 Å². The van der Waals surface area contributed by atoms with Crippen LogP contribution in [0.1, 0.15) is 86.5 Å². The standard InChI is InChI=1S/C25H40O4/c1-14(2)20-19(26)12-21(5)11-18-15(3)7-8-17-16(4)9-10-25(17)22(6,29-25)23(18,27)13-24(20,21)28/h14-18,20,27-28H,7-13H2,1-6H3/t15-,16-,17-,18+,20-,21-,22+,23+,24+,25-/m0/s1. The van der Waals surface area contributed by atoms with Gasteiger partial charge in [-0.15, -0.1) is 0 Å². The first-order chi connectivity index (χ1) is 13.4. The number of fused-ring (bicyclic) bond motifs is 3. The number of carbonyl (C=O) groups is 1. The Hall–Kier alpha value is -0.450. The molecule has 0 unspecified atom stereocenters. The maximum absolute atomic E-state index is 13.0. The van der Waals surface area contributed by atoms with Crippen LogP contribution in [0.5, 0.6) is 0 Å². The summed E-state index contributed by atoms with van der Waals surface area (Å²) in [6, 6.07) is 0. The van der Waals surface area contributed by atoms with E-state index < -0.39 is 28.1 Å². The van der Waals surface area contributed by atoms with E-state index in [0.717, 1.165) is 19.3 Å². The SMILES string of the molecule is CC(C)[C@H]1C(=O)C[C@]2(C)C[C@@H]3[C@@H](C)CC[C@H]4[C@@H](C)CC[C@]45O[C@]5(C)[C@@]3(O)C[C@@]12O. The van der Waals surface area contributed by atoms with Crippen molar-refractivity contribution in [2.45, 2.75) is 109 Å². The largest absolute Gasteiger partial charge is 0.388 e. The van der Waals surface area contributed by atoms with Crippen LogP contribution in [-0.4, -0.2) is 38.4 Å². The first kappa shape index (κ1) is 20.5. The molecular weight excluding hydrogens is 364 g/mol. The van der Waals surface area contributed by atoms with Gasteiger partial charge in [-0.25, -0.2) is 0 Å². The Labute approximate surface area is 175 Å². The molecule has 1 saturated heterocycles. The molecule has 5 fully saturated rings. The van der Waals surface area contributed by atoms with Crippen LogP contribution in [0.2, 0.25) is 0 Å². The number of epoxide rings is 1. The number of carbonyl (C=O) groups excluding carboxylic acids is 1. The van der Waals surface area contributed by atoms with Crippen LogP contribution in [0, 0.1) is 40.9 Å². The highest BCUT2D eigenvalue weighted by atomic mass is 16.6. The number of hydrogen-bond donors (Lipinski definition) is 2. The second kappa shape index (κ2) is 5.66. The minimum atomic E-state index is -1.15. The van der Waals surface area contributed by atoms with E-state index in [1.54, 1.807) is 0 Å². The summed E-state index contributed by atoms with van der Waals surface area (Å²) in [4.78, 5) is 13.0. The molecule has 0 aromatic heterocycles. The molecular formula is C25H40O4. The zero-order valence-electron chi connectivity index (χ0n) is 19.1. The van der Waals surface area contributed by atoms with Crippen molar-refractivity contribution in [3.8, 4) is 0 Å². The maximum atomic E-state index is 13.0. The Kier molecular flexibility index (Phi) is 4.00. The van der Waals surface area contributed by atoms with Crippen LogP contribution in [0.4, 0.5) is 0 Å². The molecule has 0 aromatic carbocycles. The first-order valence-electron chi connectivity index (χ1n) is 12.0. The van der Waals surface area contributed by atoms with Crippen molar-refractivity contribution in [1.29, 1.82) is 0 Å². The van der Waals surface area contributed by atoms with Gasteiger partial charge < -0.3 is 14.9 Å². The van der Waals surface area contributed by atoms with Crippen molar-refractivity contribution in [3.63, 3.8) is 0 Å². The second-order valence-corrected chi connectivity index (χ2v) is 12.5. The minimum absolute atomic E-state index is 0.0627. The summed E-state index contributed by atoms with van der Waals surface area (Å²) in [6.07, 6.45) is 5.86. The highest BCUT2D eigenvalue weighted by Gasteiger charge is 2.84. The van der Waals surface area contributed by atoms with Gasteiger partial charge in [0.05, 0.1) is 5.60 Å². The molecule has 164 valence electrons. The van der Waals surface area contributed by atoms with E-state index in [0.29, 0.717) is 30.6 Å². The summed E-state index contributed by atoms with van der Waals surface area (Å²) < 4.78 is 6.63. The normalized spacial score (nSPS) is 61.4. The van der Waals surface area contributed by atoms with E-state index >= 15 is 0 Å². The highest BCUT2D eigenvalue weighted by molar-refractivity contribution is 5.86. The fraction of sp³-hybridized carbons (Fsp3) is 0.960. The van der Waals surface area contributed by atoms with Crippen LogP contribution >= 0.6 is 0 Å². The van der Waals surface area contributed by atoms with Crippen molar-refractivity contribution in [3.05, 3.63) is 0 Å². The number of ether oxygens (including phenoxy) is 1. The third-order valence-electron chi connectivity index (χ3n) is 10.8. The average molecular weight is 405 g/mol. The zero-order valence-corrected chi connectivity index (χ0v) is 19.1. The Morgan fingerprint density at radius 1 is 1.00 bits per heavy atom. The van der Waals surface area contributed by atoms with Crippen molar-refractivity contribution in [2.24, 2.45) is 40.9 Å². The second-order valence-electron chi connectivity index (χ2n) is 12.5. The van der Waals surface area contributed by atoms with Gasteiger partial charge in [-0.3, -0.25) is 4.79 Å². The summed E-state index contributed by atoms with van der Waals surface area (Å²) in [7, 11) is 0. The van der Waals surface area contributed by atoms with Crippen LogP contribution in [0.25, 0.3) is 0 Å². The number of hydrogen-bond acceptors (Lipinski definition) is 4. The molecule has 1 heterocycles. The van der Waals surface area contributed by atoms with E-state index in [4.69, 9.17) is 4.74 Å².